The SMILES string of the molecule is Cc1c(N2CCCCC2=O)nc2cc(F)cc(F)c2c1Nc1cncc(N2CCOCC2)c1. The van der Waals surface area contributed by atoms with Crippen LogP contribution in [-0.4, -0.2) is 48.7 Å². The van der Waals surface area contributed by atoms with Crippen molar-refractivity contribution in [1.82, 2.24) is 9.97 Å². The number of halogens is 2. The third-order valence-electron chi connectivity index (χ3n) is 6.17. The van der Waals surface area contributed by atoms with Gasteiger partial charge in [0.2, 0.25) is 5.91 Å². The third-order valence-corrected chi connectivity index (χ3v) is 6.17. The van der Waals surface area contributed by atoms with Gasteiger partial charge in [-0.25, -0.2) is 13.8 Å². The molecule has 0 aliphatic carbocycles. The zero-order valence-electron chi connectivity index (χ0n) is 18.4. The van der Waals surface area contributed by atoms with E-state index in [9.17, 15) is 13.6 Å². The summed E-state index contributed by atoms with van der Waals surface area (Å²) in [7, 11) is 0. The first-order chi connectivity index (χ1) is 16.0. The molecule has 1 aromatic carbocycles. The van der Waals surface area contributed by atoms with Crippen molar-refractivity contribution >= 4 is 39.7 Å². The van der Waals surface area contributed by atoms with Crippen LogP contribution in [0, 0.1) is 18.6 Å². The first-order valence-corrected chi connectivity index (χ1v) is 11.2. The molecule has 4 heterocycles. The minimum atomic E-state index is -0.714. The second-order valence-corrected chi connectivity index (χ2v) is 8.38. The number of piperidine rings is 1. The van der Waals surface area contributed by atoms with Gasteiger partial charge in [0.25, 0.3) is 0 Å². The number of rotatable bonds is 4. The molecule has 5 rings (SSSR count). The van der Waals surface area contributed by atoms with Gasteiger partial charge in [0.1, 0.15) is 17.5 Å². The Morgan fingerprint density at radius 3 is 2.67 bits per heavy atom. The van der Waals surface area contributed by atoms with Gasteiger partial charge < -0.3 is 15.0 Å². The Hall–Kier alpha value is -3.33. The van der Waals surface area contributed by atoms with Crippen molar-refractivity contribution in [3.8, 4) is 0 Å². The second kappa shape index (κ2) is 8.90. The molecule has 2 saturated heterocycles. The largest absolute Gasteiger partial charge is 0.378 e. The van der Waals surface area contributed by atoms with E-state index < -0.39 is 11.6 Å². The van der Waals surface area contributed by atoms with E-state index in [4.69, 9.17) is 4.74 Å². The number of morpholine rings is 1. The number of amides is 1. The number of benzene rings is 1. The molecule has 2 aliphatic rings. The van der Waals surface area contributed by atoms with Crippen molar-refractivity contribution in [3.05, 3.63) is 47.8 Å². The number of nitrogens with zero attached hydrogens (tertiary/aromatic N) is 4. The average Bonchev–Trinajstić information content (AvgIpc) is 2.82. The number of pyridine rings is 2. The van der Waals surface area contributed by atoms with Gasteiger partial charge in [0, 0.05) is 43.8 Å². The number of aromatic nitrogens is 2. The lowest BCUT2D eigenvalue weighted by Crippen LogP contribution is -2.36. The highest BCUT2D eigenvalue weighted by molar-refractivity contribution is 6.01. The van der Waals surface area contributed by atoms with E-state index in [0.717, 1.165) is 37.7 Å². The summed E-state index contributed by atoms with van der Waals surface area (Å²) in [5.74, 6) is -1.03. The Bertz CT molecular complexity index is 1210. The minimum absolute atomic E-state index is 0.0324. The lowest BCUT2D eigenvalue weighted by atomic mass is 10.1. The lowest BCUT2D eigenvalue weighted by Gasteiger charge is -2.29. The van der Waals surface area contributed by atoms with Crippen LogP contribution in [-0.2, 0) is 9.53 Å². The van der Waals surface area contributed by atoms with E-state index >= 15 is 0 Å². The standard InChI is InChI=1S/C24H25F2N5O2/c1-15-23(28-17-12-18(14-27-13-17)30-6-8-33-9-7-30)22-19(26)10-16(25)11-20(22)29-24(15)31-5-3-2-4-21(31)32/h10-14H,2-9H2,1H3,(H,28,29). The fourth-order valence-electron chi connectivity index (χ4n) is 4.48. The summed E-state index contributed by atoms with van der Waals surface area (Å²) in [5, 5.41) is 3.47. The number of ether oxygens (including phenoxy) is 1. The number of nitrogens with one attached hydrogen (secondary N) is 1. The molecule has 172 valence electrons. The third kappa shape index (κ3) is 4.20. The van der Waals surface area contributed by atoms with Crippen LogP contribution >= 0.6 is 0 Å². The van der Waals surface area contributed by atoms with Crippen molar-refractivity contribution < 1.29 is 18.3 Å². The van der Waals surface area contributed by atoms with Crippen molar-refractivity contribution in [2.24, 2.45) is 0 Å². The molecule has 9 heteroatoms. The topological polar surface area (TPSA) is 70.6 Å². The maximum Gasteiger partial charge on any atom is 0.228 e. The summed E-state index contributed by atoms with van der Waals surface area (Å²) < 4.78 is 34.5. The highest BCUT2D eigenvalue weighted by atomic mass is 19.1. The summed E-state index contributed by atoms with van der Waals surface area (Å²) in [6, 6.07) is 3.99. The van der Waals surface area contributed by atoms with Crippen LogP contribution in [0.25, 0.3) is 10.9 Å². The zero-order chi connectivity index (χ0) is 22.9. The van der Waals surface area contributed by atoms with Crippen LogP contribution < -0.4 is 15.1 Å². The molecule has 7 nitrogen and oxygen atoms in total. The van der Waals surface area contributed by atoms with Gasteiger partial charge in [-0.05, 0) is 25.8 Å². The number of hydrogen-bond acceptors (Lipinski definition) is 6. The van der Waals surface area contributed by atoms with Gasteiger partial charge in [0.05, 0.1) is 53.6 Å². The van der Waals surface area contributed by atoms with Crippen molar-refractivity contribution in [2.75, 3.05) is 48.0 Å². The fourth-order valence-corrected chi connectivity index (χ4v) is 4.48. The minimum Gasteiger partial charge on any atom is -0.378 e. The van der Waals surface area contributed by atoms with Gasteiger partial charge in [0.15, 0.2) is 0 Å². The Kier molecular flexibility index (Phi) is 5.80. The van der Waals surface area contributed by atoms with Gasteiger partial charge in [-0.2, -0.15) is 0 Å². The molecule has 33 heavy (non-hydrogen) atoms. The molecular weight excluding hydrogens is 428 g/mol. The Labute approximate surface area is 190 Å². The molecule has 3 aromatic rings. The number of carbonyl (C=O) groups excluding carboxylic acids is 1. The summed E-state index contributed by atoms with van der Waals surface area (Å²) in [6.07, 6.45) is 5.56. The molecule has 1 N–H and O–H groups in total. The van der Waals surface area contributed by atoms with Gasteiger partial charge >= 0.3 is 0 Å². The number of hydrogen-bond donors (Lipinski definition) is 1. The molecule has 2 aromatic heterocycles. The first-order valence-electron chi connectivity index (χ1n) is 11.2. The van der Waals surface area contributed by atoms with Crippen LogP contribution in [0.4, 0.5) is 31.7 Å². The van der Waals surface area contributed by atoms with Crippen LogP contribution in [0.3, 0.4) is 0 Å². The summed E-state index contributed by atoms with van der Waals surface area (Å²) in [4.78, 5) is 25.3. The average molecular weight is 453 g/mol. The quantitative estimate of drug-likeness (QED) is 0.635. The van der Waals surface area contributed by atoms with E-state index in [1.165, 1.54) is 6.07 Å². The predicted molar refractivity (Wildman–Crippen MR) is 123 cm³/mol. The van der Waals surface area contributed by atoms with E-state index in [1.807, 2.05) is 6.07 Å². The van der Waals surface area contributed by atoms with Gasteiger partial charge in [-0.1, -0.05) is 0 Å². The molecule has 0 unspecified atom stereocenters. The van der Waals surface area contributed by atoms with E-state index in [-0.39, 0.29) is 16.8 Å². The Morgan fingerprint density at radius 2 is 1.88 bits per heavy atom. The van der Waals surface area contributed by atoms with Crippen molar-refractivity contribution in [3.63, 3.8) is 0 Å². The Morgan fingerprint density at radius 1 is 1.06 bits per heavy atom. The van der Waals surface area contributed by atoms with Crippen LogP contribution in [0.1, 0.15) is 24.8 Å². The maximum atomic E-state index is 15.0. The summed E-state index contributed by atoms with van der Waals surface area (Å²) in [6.45, 7) is 5.15. The van der Waals surface area contributed by atoms with Gasteiger partial charge in [-0.3, -0.25) is 14.7 Å². The highest BCUT2D eigenvalue weighted by Crippen LogP contribution is 2.37. The van der Waals surface area contributed by atoms with E-state index in [2.05, 4.69) is 20.2 Å². The first kappa shape index (κ1) is 21.5. The lowest BCUT2D eigenvalue weighted by molar-refractivity contribution is -0.119. The predicted octanol–water partition coefficient (Wildman–Crippen LogP) is 4.31. The van der Waals surface area contributed by atoms with E-state index in [1.54, 1.807) is 24.2 Å². The van der Waals surface area contributed by atoms with Crippen LogP contribution in [0.2, 0.25) is 0 Å². The molecule has 0 bridgehead atoms. The number of fused-ring (bicyclic) bond motifs is 1. The van der Waals surface area contributed by atoms with E-state index in [0.29, 0.717) is 48.9 Å². The Balaban J connectivity index is 1.61. The second-order valence-electron chi connectivity index (χ2n) is 8.38. The summed E-state index contributed by atoms with van der Waals surface area (Å²) in [5.41, 5.74) is 2.82. The molecule has 0 radical (unpaired) electrons. The van der Waals surface area contributed by atoms with Crippen LogP contribution in [0.5, 0.6) is 0 Å². The molecule has 0 saturated carbocycles. The zero-order valence-corrected chi connectivity index (χ0v) is 18.4. The number of carbonyl (C=O) groups is 1. The smallest absolute Gasteiger partial charge is 0.228 e. The van der Waals surface area contributed by atoms with Crippen molar-refractivity contribution in [2.45, 2.75) is 26.2 Å². The molecule has 1 amide bonds. The molecule has 2 aliphatic heterocycles. The summed E-state index contributed by atoms with van der Waals surface area (Å²) >= 11 is 0. The van der Waals surface area contributed by atoms with Gasteiger partial charge in [-0.15, -0.1) is 0 Å². The highest BCUT2D eigenvalue weighted by Gasteiger charge is 2.26. The number of anilines is 4. The van der Waals surface area contributed by atoms with Crippen LogP contribution in [0.15, 0.2) is 30.6 Å². The molecular formula is C24H25F2N5O2. The van der Waals surface area contributed by atoms with Crippen molar-refractivity contribution in [1.29, 1.82) is 0 Å². The molecule has 2 fully saturated rings. The monoisotopic (exact) mass is 453 g/mol. The maximum absolute atomic E-state index is 15.0. The molecule has 0 atom stereocenters. The molecule has 0 spiro atoms. The normalized spacial score (nSPS) is 17.0. The fraction of sp³-hybridized carbons (Fsp3) is 0.375.